The van der Waals surface area contributed by atoms with Crippen LogP contribution in [-0.4, -0.2) is 41.5 Å². The number of Topliss-reactive ketones (excluding diaryl/α,β-unsaturated/α-hetero) is 1. The second-order valence-corrected chi connectivity index (χ2v) is 8.14. The second-order valence-electron chi connectivity index (χ2n) is 8.14. The zero-order valence-corrected chi connectivity index (χ0v) is 13.4. The van der Waals surface area contributed by atoms with Gasteiger partial charge in [-0.2, -0.15) is 0 Å². The molecule has 2 heterocycles. The van der Waals surface area contributed by atoms with Crippen molar-refractivity contribution in [2.75, 3.05) is 19.6 Å². The summed E-state index contributed by atoms with van der Waals surface area (Å²) in [5.74, 6) is 0.261. The highest BCUT2D eigenvalue weighted by Gasteiger charge is 2.53. The summed E-state index contributed by atoms with van der Waals surface area (Å²) >= 11 is 0. The van der Waals surface area contributed by atoms with Crippen LogP contribution in [0.5, 0.6) is 0 Å². The normalized spacial score (nSPS) is 33.6. The molecule has 0 aliphatic carbocycles. The van der Waals surface area contributed by atoms with Crippen LogP contribution in [0.3, 0.4) is 0 Å². The smallest absolute Gasteiger partial charge is 0.171 e. The Morgan fingerprint density at radius 2 is 1.84 bits per heavy atom. The topological polar surface area (TPSA) is 29.5 Å². The first-order valence-electron chi connectivity index (χ1n) is 7.50. The van der Waals surface area contributed by atoms with Gasteiger partial charge in [-0.05, 0) is 52.5 Å². The number of carbonyl (C=O) groups excluding carboxylic acids is 1. The fourth-order valence-corrected chi connectivity index (χ4v) is 3.78. The maximum absolute atomic E-state index is 12.5. The van der Waals surface area contributed by atoms with Gasteiger partial charge in [0.15, 0.2) is 5.78 Å². The van der Waals surface area contributed by atoms with Gasteiger partial charge < -0.3 is 9.64 Å². The molecule has 1 unspecified atom stereocenters. The van der Waals surface area contributed by atoms with E-state index in [1.165, 1.54) is 12.8 Å². The van der Waals surface area contributed by atoms with Gasteiger partial charge in [-0.1, -0.05) is 13.8 Å². The van der Waals surface area contributed by atoms with Crippen molar-refractivity contribution < 1.29 is 9.53 Å². The number of ketones is 1. The molecule has 1 atom stereocenters. The van der Waals surface area contributed by atoms with Crippen LogP contribution in [0.15, 0.2) is 0 Å². The van der Waals surface area contributed by atoms with E-state index >= 15 is 0 Å². The van der Waals surface area contributed by atoms with Crippen molar-refractivity contribution in [3.05, 3.63) is 0 Å². The molecule has 0 N–H and O–H groups in total. The lowest BCUT2D eigenvalue weighted by Crippen LogP contribution is -2.47. The Bertz CT molecular complexity index is 371. The number of piperidine rings is 1. The van der Waals surface area contributed by atoms with Crippen LogP contribution in [0.25, 0.3) is 0 Å². The quantitative estimate of drug-likeness (QED) is 0.770. The molecule has 0 bridgehead atoms. The molecule has 2 fully saturated rings. The van der Waals surface area contributed by atoms with Crippen molar-refractivity contribution in [2.45, 2.75) is 65.6 Å². The molecule has 3 heteroatoms. The standard InChI is InChI=1S/C16H29NO2/c1-14(2)8-7-9-17(11-14)10-12-13(18)16(5,6)19-15(12,3)4/h12H,7-11H2,1-6H3. The summed E-state index contributed by atoms with van der Waals surface area (Å²) in [7, 11) is 0. The zero-order chi connectivity index (χ0) is 14.5. The molecule has 0 saturated carbocycles. The molecule has 0 aromatic heterocycles. The number of rotatable bonds is 2. The van der Waals surface area contributed by atoms with E-state index in [0.29, 0.717) is 5.41 Å². The highest BCUT2D eigenvalue weighted by atomic mass is 16.5. The molecule has 19 heavy (non-hydrogen) atoms. The van der Waals surface area contributed by atoms with E-state index in [4.69, 9.17) is 4.74 Å². The minimum Gasteiger partial charge on any atom is -0.361 e. The van der Waals surface area contributed by atoms with Gasteiger partial charge in [0.25, 0.3) is 0 Å². The summed E-state index contributed by atoms with van der Waals surface area (Å²) in [4.78, 5) is 15.0. The minimum atomic E-state index is -0.626. The number of hydrogen-bond donors (Lipinski definition) is 0. The van der Waals surface area contributed by atoms with Crippen molar-refractivity contribution in [3.63, 3.8) is 0 Å². The largest absolute Gasteiger partial charge is 0.361 e. The molecule has 0 aromatic carbocycles. The Hall–Kier alpha value is -0.410. The molecule has 2 saturated heterocycles. The number of likely N-dealkylation sites (tertiary alicyclic amines) is 1. The third-order valence-electron chi connectivity index (χ3n) is 4.69. The van der Waals surface area contributed by atoms with Crippen molar-refractivity contribution in [3.8, 4) is 0 Å². The lowest BCUT2D eigenvalue weighted by Gasteiger charge is -2.40. The average Bonchev–Trinajstić information content (AvgIpc) is 2.35. The molecule has 2 aliphatic heterocycles. The van der Waals surface area contributed by atoms with Crippen LogP contribution in [-0.2, 0) is 9.53 Å². The van der Waals surface area contributed by atoms with E-state index in [2.05, 4.69) is 32.6 Å². The Morgan fingerprint density at radius 3 is 2.32 bits per heavy atom. The number of carbonyl (C=O) groups is 1. The first-order chi connectivity index (χ1) is 8.54. The third kappa shape index (κ3) is 3.03. The van der Waals surface area contributed by atoms with E-state index in [9.17, 15) is 4.79 Å². The molecule has 2 rings (SSSR count). The Labute approximate surface area is 117 Å². The Morgan fingerprint density at radius 1 is 1.21 bits per heavy atom. The molecule has 3 nitrogen and oxygen atoms in total. The van der Waals surface area contributed by atoms with E-state index in [1.807, 2.05) is 13.8 Å². The lowest BCUT2D eigenvalue weighted by atomic mass is 9.81. The van der Waals surface area contributed by atoms with E-state index in [1.54, 1.807) is 0 Å². The van der Waals surface area contributed by atoms with Crippen LogP contribution in [0.1, 0.15) is 54.4 Å². The molecule has 0 radical (unpaired) electrons. The molecular weight excluding hydrogens is 238 g/mol. The predicted octanol–water partition coefficient (Wildman–Crippen LogP) is 2.88. The monoisotopic (exact) mass is 267 g/mol. The molecule has 0 spiro atoms. The number of hydrogen-bond acceptors (Lipinski definition) is 3. The van der Waals surface area contributed by atoms with Gasteiger partial charge in [0.1, 0.15) is 5.60 Å². The van der Waals surface area contributed by atoms with Gasteiger partial charge in [-0.15, -0.1) is 0 Å². The summed E-state index contributed by atoms with van der Waals surface area (Å²) in [6.45, 7) is 15.6. The maximum atomic E-state index is 12.5. The van der Waals surface area contributed by atoms with Gasteiger partial charge in [-0.3, -0.25) is 4.79 Å². The van der Waals surface area contributed by atoms with Crippen LogP contribution in [0, 0.1) is 11.3 Å². The first kappa shape index (κ1) is 15.0. The van der Waals surface area contributed by atoms with Crippen molar-refractivity contribution in [2.24, 2.45) is 11.3 Å². The lowest BCUT2D eigenvalue weighted by molar-refractivity contribution is -0.132. The molecule has 0 amide bonds. The summed E-state index contributed by atoms with van der Waals surface area (Å²) in [5, 5.41) is 0. The number of ether oxygens (including phenoxy) is 1. The first-order valence-corrected chi connectivity index (χ1v) is 7.50. The molecule has 0 aromatic rings. The van der Waals surface area contributed by atoms with E-state index in [-0.39, 0.29) is 17.3 Å². The summed E-state index contributed by atoms with van der Waals surface area (Å²) in [5.41, 5.74) is -0.595. The average molecular weight is 267 g/mol. The molecule has 110 valence electrons. The molecule has 2 aliphatic rings. The molecular formula is C16H29NO2. The Balaban J connectivity index is 2.08. The Kier molecular flexibility index (Phi) is 3.60. The highest BCUT2D eigenvalue weighted by molar-refractivity contribution is 5.91. The zero-order valence-electron chi connectivity index (χ0n) is 13.4. The van der Waals surface area contributed by atoms with Gasteiger partial charge in [0.2, 0.25) is 0 Å². The fraction of sp³-hybridized carbons (Fsp3) is 0.938. The van der Waals surface area contributed by atoms with Gasteiger partial charge in [0.05, 0.1) is 11.5 Å². The SMILES string of the molecule is CC1(C)CCCN(CC2C(=O)C(C)(C)OC2(C)C)C1. The summed E-state index contributed by atoms with van der Waals surface area (Å²) in [6.07, 6.45) is 2.52. The summed E-state index contributed by atoms with van der Waals surface area (Å²) in [6, 6.07) is 0. The maximum Gasteiger partial charge on any atom is 0.171 e. The van der Waals surface area contributed by atoms with Crippen LogP contribution < -0.4 is 0 Å². The second kappa shape index (κ2) is 4.56. The minimum absolute atomic E-state index is 0.00333. The van der Waals surface area contributed by atoms with E-state index in [0.717, 1.165) is 19.6 Å². The van der Waals surface area contributed by atoms with Gasteiger partial charge >= 0.3 is 0 Å². The van der Waals surface area contributed by atoms with Crippen LogP contribution >= 0.6 is 0 Å². The highest BCUT2D eigenvalue weighted by Crippen LogP contribution is 2.40. The van der Waals surface area contributed by atoms with E-state index < -0.39 is 5.60 Å². The van der Waals surface area contributed by atoms with Crippen molar-refractivity contribution in [1.29, 1.82) is 0 Å². The third-order valence-corrected chi connectivity index (χ3v) is 4.69. The summed E-state index contributed by atoms with van der Waals surface area (Å²) < 4.78 is 5.98. The number of nitrogens with zero attached hydrogens (tertiary/aromatic N) is 1. The van der Waals surface area contributed by atoms with Gasteiger partial charge in [0, 0.05) is 13.1 Å². The van der Waals surface area contributed by atoms with Crippen molar-refractivity contribution in [1.82, 2.24) is 4.90 Å². The fourth-order valence-electron chi connectivity index (χ4n) is 3.78. The predicted molar refractivity (Wildman–Crippen MR) is 77.2 cm³/mol. The van der Waals surface area contributed by atoms with Crippen LogP contribution in [0.4, 0.5) is 0 Å². The van der Waals surface area contributed by atoms with Crippen molar-refractivity contribution >= 4 is 5.78 Å². The van der Waals surface area contributed by atoms with Crippen LogP contribution in [0.2, 0.25) is 0 Å². The van der Waals surface area contributed by atoms with Gasteiger partial charge in [-0.25, -0.2) is 0 Å².